The van der Waals surface area contributed by atoms with Gasteiger partial charge in [-0.25, -0.2) is 0 Å². The van der Waals surface area contributed by atoms with Gasteiger partial charge in [-0.3, -0.25) is 33.6 Å². The first-order valence-electron chi connectivity index (χ1n) is 21.9. The third kappa shape index (κ3) is 4.68. The van der Waals surface area contributed by atoms with E-state index in [9.17, 15) is 38.7 Å². The lowest BCUT2D eigenvalue weighted by atomic mass is 9.43. The van der Waals surface area contributed by atoms with E-state index in [-0.39, 0.29) is 80.7 Å². The number of Topliss-reactive ketones (excluding diaryl/α,β-unsaturated/α-hetero) is 1. The van der Waals surface area contributed by atoms with Gasteiger partial charge in [0.05, 0.1) is 12.0 Å². The minimum Gasteiger partial charge on any atom is -0.481 e. The number of carboxylic acid groups (broad SMARTS) is 1. The Labute approximate surface area is 339 Å². The first-order chi connectivity index (χ1) is 27.4. The standard InChI is InChI=1S/C24H28O5.C23H28O6/c1-22-7-3-15(26)11-14(22)12-16(19(27)13-25)21-17(22)4-8-23(2)18(21)5-9-24(23)10-6-20(28)29-24;1-20-6-3-13(24)9-12(20)10-14(19(26)27)18-15-4-7-22(8-5-17(25)29-22)21(15,2)11-16-23(18,20)28-16/h4,11,13,16,18,21H,3,5-10,12H2,1-2H3;9,14-16,18H,3-8,10-11H2,1-2H3,(H,26,27)/t16-,18-,21+,22-,23-,24+;14-,15+,16-,18+,20+,21+,22-,23-/m01/s1. The Morgan fingerprint density at radius 3 is 1.97 bits per heavy atom. The predicted octanol–water partition coefficient (Wildman–Crippen LogP) is 6.54. The van der Waals surface area contributed by atoms with E-state index in [1.807, 2.05) is 0 Å². The number of hydrogen-bond donors (Lipinski definition) is 1. The summed E-state index contributed by atoms with van der Waals surface area (Å²) in [6.07, 6.45) is 17.1. The second kappa shape index (κ2) is 12.2. The number of aliphatic carboxylic acids is 1. The summed E-state index contributed by atoms with van der Waals surface area (Å²) in [7, 11) is 0. The molecule has 3 saturated heterocycles. The molecule has 3 aliphatic heterocycles. The maximum atomic E-state index is 12.7. The van der Waals surface area contributed by atoms with Gasteiger partial charge in [-0.2, -0.15) is 0 Å². The molecule has 8 fully saturated rings. The quantitative estimate of drug-likeness (QED) is 0.108. The summed E-state index contributed by atoms with van der Waals surface area (Å²) in [5.74, 6) is -1.90. The van der Waals surface area contributed by atoms with E-state index in [0.717, 1.165) is 75.4 Å². The van der Waals surface area contributed by atoms with E-state index in [2.05, 4.69) is 33.8 Å². The average molecular weight is 797 g/mol. The van der Waals surface area contributed by atoms with Gasteiger partial charge < -0.3 is 19.3 Å². The Morgan fingerprint density at radius 1 is 0.741 bits per heavy atom. The Kier molecular flexibility index (Phi) is 8.09. The minimum atomic E-state index is -0.793. The number of carbonyl (C=O) groups is 7. The third-order valence-corrected chi connectivity index (χ3v) is 19.2. The highest BCUT2D eigenvalue weighted by molar-refractivity contribution is 6.26. The zero-order valence-corrected chi connectivity index (χ0v) is 34.2. The molecule has 3 heterocycles. The number of allylic oxidation sites excluding steroid dienone is 4. The number of carbonyl (C=O) groups excluding carboxylic acids is 6. The highest BCUT2D eigenvalue weighted by atomic mass is 16.6. The molecule has 0 aromatic carbocycles. The number of rotatable bonds is 3. The highest BCUT2D eigenvalue weighted by Gasteiger charge is 2.83. The maximum Gasteiger partial charge on any atom is 0.307 e. The number of epoxide rings is 1. The van der Waals surface area contributed by atoms with Crippen LogP contribution < -0.4 is 0 Å². The van der Waals surface area contributed by atoms with Crippen LogP contribution in [0, 0.1) is 57.2 Å². The van der Waals surface area contributed by atoms with Crippen LogP contribution in [0.15, 0.2) is 34.9 Å². The molecule has 0 bridgehead atoms. The van der Waals surface area contributed by atoms with E-state index < -0.39 is 34.6 Å². The molecule has 11 rings (SSSR count). The van der Waals surface area contributed by atoms with E-state index in [1.165, 1.54) is 5.57 Å². The molecule has 3 spiro atoms. The van der Waals surface area contributed by atoms with E-state index >= 15 is 0 Å². The van der Waals surface area contributed by atoms with Crippen molar-refractivity contribution in [2.24, 2.45) is 57.2 Å². The van der Waals surface area contributed by atoms with Gasteiger partial charge in [0.25, 0.3) is 0 Å². The smallest absolute Gasteiger partial charge is 0.307 e. The summed E-state index contributed by atoms with van der Waals surface area (Å²) in [6, 6.07) is 0. The molecule has 11 aliphatic rings. The van der Waals surface area contributed by atoms with E-state index in [0.29, 0.717) is 44.8 Å². The number of hydrogen-bond acceptors (Lipinski definition) is 10. The van der Waals surface area contributed by atoms with Crippen LogP contribution in [0.3, 0.4) is 0 Å². The Bertz CT molecular complexity index is 2080. The summed E-state index contributed by atoms with van der Waals surface area (Å²) in [6.45, 7) is 8.83. The number of ether oxygens (including phenoxy) is 3. The first-order valence-corrected chi connectivity index (χ1v) is 21.9. The zero-order valence-electron chi connectivity index (χ0n) is 34.2. The minimum absolute atomic E-state index is 0.0134. The van der Waals surface area contributed by atoms with Crippen molar-refractivity contribution < 1.29 is 52.9 Å². The zero-order chi connectivity index (χ0) is 41.0. The number of carboxylic acids is 1. The molecular formula is C47H56O11. The molecule has 58 heavy (non-hydrogen) atoms. The molecule has 8 aliphatic carbocycles. The fourth-order valence-corrected chi connectivity index (χ4v) is 16.1. The lowest BCUT2D eigenvalue weighted by Gasteiger charge is -2.58. The summed E-state index contributed by atoms with van der Waals surface area (Å²) in [4.78, 5) is 85.0. The summed E-state index contributed by atoms with van der Waals surface area (Å²) >= 11 is 0. The topological polar surface area (TPSA) is 171 Å². The van der Waals surface area contributed by atoms with Crippen LogP contribution in [0.4, 0.5) is 0 Å². The number of aldehydes is 1. The SMILES string of the molecule is C[C@]12CCC(=O)C=C1C[C@@H](C(=O)C=O)[C@@H]1C2=CC[C@@]2(C)[C@H]1CC[C@@]21CCC(=O)O1.C[C@]12CCC(=O)C=C1C[C@@H](C(=O)O)[C@H]1[C@@H]3CC[C@@]4(CCC(=O)O4)[C@@]3(C)C[C@H]3O[C@@]132. The molecule has 14 atom stereocenters. The Hall–Kier alpha value is -3.73. The van der Waals surface area contributed by atoms with Crippen LogP contribution >= 0.6 is 0 Å². The van der Waals surface area contributed by atoms with Gasteiger partial charge in [-0.15, -0.1) is 0 Å². The van der Waals surface area contributed by atoms with Crippen molar-refractivity contribution in [1.82, 2.24) is 0 Å². The molecule has 310 valence electrons. The van der Waals surface area contributed by atoms with Crippen molar-refractivity contribution in [2.45, 2.75) is 153 Å². The van der Waals surface area contributed by atoms with Crippen LogP contribution in [0.25, 0.3) is 0 Å². The first kappa shape index (κ1) is 38.5. The van der Waals surface area contributed by atoms with Crippen molar-refractivity contribution in [2.75, 3.05) is 0 Å². The third-order valence-electron chi connectivity index (χ3n) is 19.2. The summed E-state index contributed by atoms with van der Waals surface area (Å²) < 4.78 is 18.5. The fraction of sp³-hybridized carbons (Fsp3) is 0.723. The van der Waals surface area contributed by atoms with Crippen molar-refractivity contribution in [3.63, 3.8) is 0 Å². The molecule has 0 aromatic rings. The Balaban J connectivity index is 0.000000141. The molecular weight excluding hydrogens is 741 g/mol. The van der Waals surface area contributed by atoms with Crippen LogP contribution in [-0.2, 0) is 47.8 Å². The predicted molar refractivity (Wildman–Crippen MR) is 205 cm³/mol. The van der Waals surface area contributed by atoms with Crippen LogP contribution in [-0.4, -0.2) is 69.6 Å². The normalized spacial score (nSPS) is 50.2. The van der Waals surface area contributed by atoms with E-state index in [4.69, 9.17) is 14.2 Å². The van der Waals surface area contributed by atoms with Crippen molar-refractivity contribution in [3.05, 3.63) is 34.9 Å². The average Bonchev–Trinajstić information content (AvgIpc) is 3.40. The van der Waals surface area contributed by atoms with Gasteiger partial charge >= 0.3 is 17.9 Å². The van der Waals surface area contributed by atoms with Crippen LogP contribution in [0.1, 0.15) is 130 Å². The van der Waals surface area contributed by atoms with Gasteiger partial charge in [-0.05, 0) is 107 Å². The van der Waals surface area contributed by atoms with Crippen molar-refractivity contribution in [3.8, 4) is 0 Å². The highest BCUT2D eigenvalue weighted by Crippen LogP contribution is 2.78. The lowest BCUT2D eigenvalue weighted by Crippen LogP contribution is -2.63. The summed E-state index contributed by atoms with van der Waals surface area (Å²) in [5, 5.41) is 10.2. The van der Waals surface area contributed by atoms with Gasteiger partial charge in [0.15, 0.2) is 23.6 Å². The van der Waals surface area contributed by atoms with Gasteiger partial charge in [-0.1, -0.05) is 50.5 Å². The molecule has 0 unspecified atom stereocenters. The van der Waals surface area contributed by atoms with Crippen LogP contribution in [0.5, 0.6) is 0 Å². The second-order valence-corrected chi connectivity index (χ2v) is 21.0. The molecule has 11 nitrogen and oxygen atoms in total. The molecule has 11 heteroatoms. The fourth-order valence-electron chi connectivity index (χ4n) is 16.1. The molecule has 0 amide bonds. The van der Waals surface area contributed by atoms with Crippen molar-refractivity contribution >= 4 is 41.5 Å². The van der Waals surface area contributed by atoms with Gasteiger partial charge in [0.1, 0.15) is 16.8 Å². The number of fused-ring (bicyclic) bond motifs is 10. The maximum absolute atomic E-state index is 12.7. The summed E-state index contributed by atoms with van der Waals surface area (Å²) in [5.41, 5.74) is 0.906. The molecule has 1 N–H and O–H groups in total. The van der Waals surface area contributed by atoms with Crippen LogP contribution in [0.2, 0.25) is 0 Å². The number of ketones is 3. The largest absolute Gasteiger partial charge is 0.481 e. The Morgan fingerprint density at radius 2 is 1.34 bits per heavy atom. The number of esters is 2. The lowest BCUT2D eigenvalue weighted by molar-refractivity contribution is -0.171. The molecule has 0 radical (unpaired) electrons. The van der Waals surface area contributed by atoms with Crippen molar-refractivity contribution in [1.29, 1.82) is 0 Å². The van der Waals surface area contributed by atoms with Gasteiger partial charge in [0, 0.05) is 59.2 Å². The molecule has 0 aromatic heterocycles. The monoisotopic (exact) mass is 796 g/mol. The molecule has 5 saturated carbocycles. The van der Waals surface area contributed by atoms with Gasteiger partial charge in [0.2, 0.25) is 0 Å². The second-order valence-electron chi connectivity index (χ2n) is 21.0. The van der Waals surface area contributed by atoms with E-state index in [1.54, 1.807) is 12.2 Å².